The summed E-state index contributed by atoms with van der Waals surface area (Å²) in [7, 11) is 1.72. The lowest BCUT2D eigenvalue weighted by molar-refractivity contribution is 0.629. The predicted octanol–water partition coefficient (Wildman–Crippen LogP) is 4.18. The summed E-state index contributed by atoms with van der Waals surface area (Å²) in [5.74, 6) is -0.422. The van der Waals surface area contributed by atoms with E-state index >= 15 is 0 Å². The summed E-state index contributed by atoms with van der Waals surface area (Å²) >= 11 is 5.35. The van der Waals surface area contributed by atoms with Gasteiger partial charge >= 0.3 is 0 Å². The molecule has 0 aliphatic rings. The molecule has 0 aliphatic carbocycles. The monoisotopic (exact) mass is 332 g/mol. The van der Waals surface area contributed by atoms with Gasteiger partial charge in [0.25, 0.3) is 0 Å². The van der Waals surface area contributed by atoms with Crippen molar-refractivity contribution >= 4 is 40.1 Å². The highest BCUT2D eigenvalue weighted by Gasteiger charge is 2.11. The molecule has 0 fully saturated rings. The van der Waals surface area contributed by atoms with Crippen molar-refractivity contribution in [3.05, 3.63) is 46.8 Å². The van der Waals surface area contributed by atoms with Crippen molar-refractivity contribution in [1.82, 2.24) is 0 Å². The zero-order valence-corrected chi connectivity index (χ0v) is 14.5. The first kappa shape index (κ1) is 17.0. The van der Waals surface area contributed by atoms with Gasteiger partial charge in [-0.25, -0.2) is 4.39 Å². The van der Waals surface area contributed by atoms with Crippen LogP contribution < -0.4 is 21.7 Å². The van der Waals surface area contributed by atoms with Gasteiger partial charge in [-0.05, 0) is 56.2 Å². The number of anilines is 4. The second-order valence-corrected chi connectivity index (χ2v) is 5.93. The van der Waals surface area contributed by atoms with Crippen molar-refractivity contribution in [2.45, 2.75) is 20.8 Å². The number of halogens is 1. The minimum Gasteiger partial charge on any atom is -0.397 e. The second-order valence-electron chi connectivity index (χ2n) is 5.52. The van der Waals surface area contributed by atoms with E-state index in [2.05, 4.69) is 35.0 Å². The quantitative estimate of drug-likeness (QED) is 0.502. The molecule has 0 aliphatic heterocycles. The Balaban J connectivity index is 2.24. The maximum Gasteiger partial charge on any atom is 0.175 e. The average molecular weight is 332 g/mol. The highest BCUT2D eigenvalue weighted by molar-refractivity contribution is 7.80. The Hall–Kier alpha value is -2.34. The van der Waals surface area contributed by atoms with Gasteiger partial charge in [0, 0.05) is 12.7 Å². The molecule has 6 heteroatoms. The lowest BCUT2D eigenvalue weighted by atomic mass is 10.1. The van der Waals surface area contributed by atoms with Crippen molar-refractivity contribution in [1.29, 1.82) is 0 Å². The zero-order chi connectivity index (χ0) is 17.1. The molecular formula is C17H21FN4S. The first-order valence-corrected chi connectivity index (χ1v) is 7.65. The Kier molecular flexibility index (Phi) is 5.05. The third kappa shape index (κ3) is 3.90. The Labute approximate surface area is 141 Å². The molecule has 0 heterocycles. The molecule has 0 spiro atoms. The van der Waals surface area contributed by atoms with Gasteiger partial charge < -0.3 is 21.7 Å². The molecule has 0 saturated heterocycles. The molecule has 0 saturated carbocycles. The number of hydrogen-bond acceptors (Lipinski definition) is 3. The predicted molar refractivity (Wildman–Crippen MR) is 101 cm³/mol. The first-order valence-electron chi connectivity index (χ1n) is 7.24. The molecule has 0 aromatic heterocycles. The smallest absolute Gasteiger partial charge is 0.175 e. The van der Waals surface area contributed by atoms with Crippen LogP contribution in [0.3, 0.4) is 0 Å². The van der Waals surface area contributed by atoms with Crippen molar-refractivity contribution < 1.29 is 4.39 Å². The van der Waals surface area contributed by atoms with E-state index < -0.39 is 5.82 Å². The van der Waals surface area contributed by atoms with E-state index in [1.165, 1.54) is 17.7 Å². The van der Waals surface area contributed by atoms with Crippen molar-refractivity contribution in [3.8, 4) is 0 Å². The van der Waals surface area contributed by atoms with Gasteiger partial charge in [-0.3, -0.25) is 0 Å². The molecule has 2 rings (SSSR count). The normalized spacial score (nSPS) is 10.3. The molecule has 122 valence electrons. The number of nitrogens with two attached hydrogens (primary N) is 1. The van der Waals surface area contributed by atoms with E-state index in [0.29, 0.717) is 22.2 Å². The number of benzene rings is 2. The molecule has 4 nitrogen and oxygen atoms in total. The molecule has 0 unspecified atom stereocenters. The average Bonchev–Trinajstić information content (AvgIpc) is 2.42. The summed E-state index contributed by atoms with van der Waals surface area (Å²) in [6, 6.07) is 6.78. The lowest BCUT2D eigenvalue weighted by Crippen LogP contribution is -2.21. The summed E-state index contributed by atoms with van der Waals surface area (Å²) in [5, 5.41) is 9.50. The van der Waals surface area contributed by atoms with E-state index in [1.807, 2.05) is 13.8 Å². The summed E-state index contributed by atoms with van der Waals surface area (Å²) in [6.45, 7) is 6.09. The van der Waals surface area contributed by atoms with Crippen LogP contribution >= 0.6 is 12.2 Å². The van der Waals surface area contributed by atoms with Crippen LogP contribution in [-0.2, 0) is 0 Å². The van der Waals surface area contributed by atoms with Gasteiger partial charge in [-0.1, -0.05) is 17.7 Å². The third-order valence-electron chi connectivity index (χ3n) is 3.55. The maximum atomic E-state index is 13.6. The van der Waals surface area contributed by atoms with Gasteiger partial charge in [0.05, 0.1) is 17.1 Å². The standard InChI is InChI=1S/C17H21FN4S/c1-9-5-10(2)15(11(3)6-9)22-17(23)21-14-8-12(18)7-13(19)16(14)20-4/h5-8,20H,19H2,1-4H3,(H2,21,22,23). The number of nitrogen functional groups attached to an aromatic ring is 1. The van der Waals surface area contributed by atoms with Crippen LogP contribution in [-0.4, -0.2) is 12.2 Å². The Morgan fingerprint density at radius 3 is 2.17 bits per heavy atom. The molecule has 0 radical (unpaired) electrons. The van der Waals surface area contributed by atoms with E-state index in [4.69, 9.17) is 18.0 Å². The number of thiocarbonyl (C=S) groups is 1. The summed E-state index contributed by atoms with van der Waals surface area (Å²) in [5.41, 5.74) is 11.6. The van der Waals surface area contributed by atoms with E-state index in [-0.39, 0.29) is 0 Å². The number of hydrogen-bond donors (Lipinski definition) is 4. The first-order chi connectivity index (χ1) is 10.8. The Morgan fingerprint density at radius 2 is 1.61 bits per heavy atom. The SMILES string of the molecule is CNc1c(N)cc(F)cc1NC(=S)Nc1c(C)cc(C)cc1C. The molecule has 23 heavy (non-hydrogen) atoms. The van der Waals surface area contributed by atoms with Crippen molar-refractivity contribution in [2.75, 3.05) is 28.7 Å². The van der Waals surface area contributed by atoms with Crippen LogP contribution in [0, 0.1) is 26.6 Å². The highest BCUT2D eigenvalue weighted by Crippen LogP contribution is 2.30. The number of rotatable bonds is 3. The van der Waals surface area contributed by atoms with Crippen LogP contribution in [0.4, 0.5) is 27.1 Å². The van der Waals surface area contributed by atoms with Crippen LogP contribution in [0.25, 0.3) is 0 Å². The van der Waals surface area contributed by atoms with E-state index in [9.17, 15) is 4.39 Å². The fourth-order valence-corrected chi connectivity index (χ4v) is 2.86. The van der Waals surface area contributed by atoms with E-state index in [0.717, 1.165) is 16.8 Å². The largest absolute Gasteiger partial charge is 0.397 e. The van der Waals surface area contributed by atoms with Crippen molar-refractivity contribution in [2.24, 2.45) is 0 Å². The summed E-state index contributed by atoms with van der Waals surface area (Å²) in [6.07, 6.45) is 0. The van der Waals surface area contributed by atoms with Gasteiger partial charge in [0.2, 0.25) is 0 Å². The fourth-order valence-electron chi connectivity index (χ4n) is 2.65. The minimum atomic E-state index is -0.422. The maximum absolute atomic E-state index is 13.6. The van der Waals surface area contributed by atoms with Gasteiger partial charge in [0.1, 0.15) is 5.82 Å². The molecule has 2 aromatic carbocycles. The highest BCUT2D eigenvalue weighted by atomic mass is 32.1. The lowest BCUT2D eigenvalue weighted by Gasteiger charge is -2.18. The van der Waals surface area contributed by atoms with Gasteiger partial charge in [-0.15, -0.1) is 0 Å². The number of nitrogens with one attached hydrogen (secondary N) is 3. The Bertz CT molecular complexity index is 735. The second kappa shape index (κ2) is 6.83. The molecule has 2 aromatic rings. The van der Waals surface area contributed by atoms with E-state index in [1.54, 1.807) is 7.05 Å². The molecule has 5 N–H and O–H groups in total. The minimum absolute atomic E-state index is 0.320. The molecular weight excluding hydrogens is 311 g/mol. The topological polar surface area (TPSA) is 62.1 Å². The molecule has 0 atom stereocenters. The van der Waals surface area contributed by atoms with Gasteiger partial charge in [0.15, 0.2) is 5.11 Å². The van der Waals surface area contributed by atoms with Crippen LogP contribution in [0.5, 0.6) is 0 Å². The number of aryl methyl sites for hydroxylation is 3. The van der Waals surface area contributed by atoms with Crippen molar-refractivity contribution in [3.63, 3.8) is 0 Å². The van der Waals surface area contributed by atoms with Crippen LogP contribution in [0.1, 0.15) is 16.7 Å². The van der Waals surface area contributed by atoms with Crippen LogP contribution in [0.2, 0.25) is 0 Å². The molecule has 0 amide bonds. The summed E-state index contributed by atoms with van der Waals surface area (Å²) in [4.78, 5) is 0. The summed E-state index contributed by atoms with van der Waals surface area (Å²) < 4.78 is 13.6. The fraction of sp³-hybridized carbons (Fsp3) is 0.235. The Morgan fingerprint density at radius 1 is 1.00 bits per heavy atom. The third-order valence-corrected chi connectivity index (χ3v) is 3.75. The zero-order valence-electron chi connectivity index (χ0n) is 13.7. The van der Waals surface area contributed by atoms with Gasteiger partial charge in [-0.2, -0.15) is 0 Å². The van der Waals surface area contributed by atoms with Crippen LogP contribution in [0.15, 0.2) is 24.3 Å². The molecule has 0 bridgehead atoms.